The average Bonchev–Trinajstić information content (AvgIpc) is 2.43. The number of benzene rings is 1. The quantitative estimate of drug-likeness (QED) is 0.655. The molecule has 0 saturated heterocycles. The minimum Gasteiger partial charge on any atom is -0.497 e. The van der Waals surface area contributed by atoms with E-state index in [0.29, 0.717) is 10.6 Å². The molecule has 0 radical (unpaired) electrons. The molecule has 0 amide bonds. The van der Waals surface area contributed by atoms with E-state index in [9.17, 15) is 4.79 Å². The van der Waals surface area contributed by atoms with Crippen LogP contribution in [0.15, 0.2) is 29.2 Å². The van der Waals surface area contributed by atoms with Crippen molar-refractivity contribution in [1.29, 1.82) is 0 Å². The molecule has 2 N–H and O–H groups in total. The van der Waals surface area contributed by atoms with Crippen molar-refractivity contribution >= 4 is 23.4 Å². The van der Waals surface area contributed by atoms with Crippen molar-refractivity contribution in [2.24, 2.45) is 5.73 Å². The number of hydrogen-bond acceptors (Lipinski definition) is 5. The summed E-state index contributed by atoms with van der Waals surface area (Å²) in [6, 6.07) is 7.22. The Kier molecular flexibility index (Phi) is 5.58. The molecule has 0 aliphatic heterocycles. The number of methoxy groups -OCH3 is 2. The van der Waals surface area contributed by atoms with Crippen LogP contribution in [-0.4, -0.2) is 25.9 Å². The second-order valence-electron chi connectivity index (χ2n) is 3.40. The SMILES string of the molecule is CCS/C(C(=O)OC)=C(\N)c1ccc(OC)cc1. The van der Waals surface area contributed by atoms with Gasteiger partial charge in [-0.3, -0.25) is 0 Å². The molecule has 0 heterocycles. The van der Waals surface area contributed by atoms with E-state index in [4.69, 9.17) is 15.2 Å². The lowest BCUT2D eigenvalue weighted by Crippen LogP contribution is -2.10. The molecule has 98 valence electrons. The van der Waals surface area contributed by atoms with E-state index in [1.165, 1.54) is 18.9 Å². The largest absolute Gasteiger partial charge is 0.497 e. The number of carbonyl (C=O) groups excluding carboxylic acids is 1. The van der Waals surface area contributed by atoms with Crippen LogP contribution in [0.5, 0.6) is 5.75 Å². The molecule has 0 bridgehead atoms. The molecule has 1 aromatic carbocycles. The summed E-state index contributed by atoms with van der Waals surface area (Å²) in [5.41, 5.74) is 7.21. The minimum atomic E-state index is -0.407. The maximum absolute atomic E-state index is 11.6. The zero-order valence-electron chi connectivity index (χ0n) is 10.7. The van der Waals surface area contributed by atoms with Gasteiger partial charge in [-0.15, -0.1) is 11.8 Å². The number of rotatable bonds is 5. The van der Waals surface area contributed by atoms with Crippen molar-refractivity contribution < 1.29 is 14.3 Å². The van der Waals surface area contributed by atoms with Crippen LogP contribution < -0.4 is 10.5 Å². The summed E-state index contributed by atoms with van der Waals surface area (Å²) in [7, 11) is 2.95. The second kappa shape index (κ2) is 6.96. The Bertz CT molecular complexity index is 440. The highest BCUT2D eigenvalue weighted by atomic mass is 32.2. The van der Waals surface area contributed by atoms with Crippen molar-refractivity contribution in [3.63, 3.8) is 0 Å². The van der Waals surface area contributed by atoms with E-state index >= 15 is 0 Å². The molecule has 0 fully saturated rings. The molecule has 0 atom stereocenters. The molecular formula is C13H17NO3S. The van der Waals surface area contributed by atoms with E-state index in [1.807, 2.05) is 19.1 Å². The Balaban J connectivity index is 3.11. The average molecular weight is 267 g/mol. The molecular weight excluding hydrogens is 250 g/mol. The van der Waals surface area contributed by atoms with Gasteiger partial charge in [0.2, 0.25) is 0 Å². The minimum absolute atomic E-state index is 0.407. The van der Waals surface area contributed by atoms with Crippen LogP contribution in [0.25, 0.3) is 5.70 Å². The number of nitrogens with two attached hydrogens (primary N) is 1. The molecule has 0 aliphatic rings. The first-order valence-electron chi connectivity index (χ1n) is 5.49. The van der Waals surface area contributed by atoms with Crippen LogP contribution >= 0.6 is 11.8 Å². The zero-order valence-corrected chi connectivity index (χ0v) is 11.5. The molecule has 0 spiro atoms. The second-order valence-corrected chi connectivity index (χ2v) is 4.67. The molecule has 5 heteroatoms. The fourth-order valence-corrected chi connectivity index (χ4v) is 2.15. The van der Waals surface area contributed by atoms with Gasteiger partial charge in [0, 0.05) is 0 Å². The lowest BCUT2D eigenvalue weighted by molar-refractivity contribution is -0.135. The van der Waals surface area contributed by atoms with Crippen molar-refractivity contribution in [2.45, 2.75) is 6.92 Å². The molecule has 1 rings (SSSR count). The lowest BCUT2D eigenvalue weighted by Gasteiger charge is -2.09. The van der Waals surface area contributed by atoms with Crippen molar-refractivity contribution in [1.82, 2.24) is 0 Å². The number of carbonyl (C=O) groups is 1. The summed E-state index contributed by atoms with van der Waals surface area (Å²) in [4.78, 5) is 12.1. The summed E-state index contributed by atoms with van der Waals surface area (Å²) in [5.74, 6) is 1.09. The van der Waals surface area contributed by atoms with E-state index < -0.39 is 5.97 Å². The van der Waals surface area contributed by atoms with Crippen LogP contribution in [0.4, 0.5) is 0 Å². The van der Waals surface area contributed by atoms with Gasteiger partial charge in [0.15, 0.2) is 0 Å². The number of thioether (sulfide) groups is 1. The first-order chi connectivity index (χ1) is 8.63. The predicted octanol–water partition coefficient (Wildman–Crippen LogP) is 2.25. The van der Waals surface area contributed by atoms with Crippen LogP contribution in [0, 0.1) is 0 Å². The molecule has 1 aromatic rings. The summed E-state index contributed by atoms with van der Waals surface area (Å²) in [5, 5.41) is 0. The third-order valence-corrected chi connectivity index (χ3v) is 3.27. The normalized spacial score (nSPS) is 11.7. The van der Waals surface area contributed by atoms with Crippen molar-refractivity contribution in [3.8, 4) is 5.75 Å². The van der Waals surface area contributed by atoms with Crippen LogP contribution in [0.2, 0.25) is 0 Å². The standard InChI is InChI=1S/C13H17NO3S/c1-4-18-12(13(15)17-3)11(14)9-5-7-10(16-2)8-6-9/h5-8H,4,14H2,1-3H3/b12-11-. The number of hydrogen-bond donors (Lipinski definition) is 1. The van der Waals surface area contributed by atoms with E-state index in [2.05, 4.69) is 0 Å². The van der Waals surface area contributed by atoms with Crippen LogP contribution in [-0.2, 0) is 9.53 Å². The molecule has 0 unspecified atom stereocenters. The number of esters is 1. The third kappa shape index (κ3) is 3.43. The Morgan fingerprint density at radius 1 is 1.28 bits per heavy atom. The third-order valence-electron chi connectivity index (χ3n) is 2.31. The number of ether oxygens (including phenoxy) is 2. The predicted molar refractivity (Wildman–Crippen MR) is 74.2 cm³/mol. The van der Waals surface area contributed by atoms with Crippen LogP contribution in [0.1, 0.15) is 12.5 Å². The highest BCUT2D eigenvalue weighted by Gasteiger charge is 2.15. The zero-order chi connectivity index (χ0) is 13.5. The molecule has 18 heavy (non-hydrogen) atoms. The summed E-state index contributed by atoms with van der Waals surface area (Å²) < 4.78 is 9.80. The van der Waals surface area contributed by atoms with Crippen LogP contribution in [0.3, 0.4) is 0 Å². The van der Waals surface area contributed by atoms with Gasteiger partial charge in [0.1, 0.15) is 10.7 Å². The van der Waals surface area contributed by atoms with Crippen molar-refractivity contribution in [2.75, 3.05) is 20.0 Å². The smallest absolute Gasteiger partial charge is 0.346 e. The summed E-state index contributed by atoms with van der Waals surface area (Å²) >= 11 is 1.37. The highest BCUT2D eigenvalue weighted by molar-refractivity contribution is 8.04. The molecule has 0 aliphatic carbocycles. The first kappa shape index (κ1) is 14.4. The summed E-state index contributed by atoms with van der Waals surface area (Å²) in [6.45, 7) is 1.95. The van der Waals surface area contributed by atoms with Gasteiger partial charge in [-0.05, 0) is 35.6 Å². The molecule has 0 saturated carbocycles. The lowest BCUT2D eigenvalue weighted by atomic mass is 10.1. The highest BCUT2D eigenvalue weighted by Crippen LogP contribution is 2.25. The van der Waals surface area contributed by atoms with Crippen molar-refractivity contribution in [3.05, 3.63) is 34.7 Å². The Morgan fingerprint density at radius 2 is 1.89 bits per heavy atom. The Labute approximate surface area is 111 Å². The monoisotopic (exact) mass is 267 g/mol. The van der Waals surface area contributed by atoms with E-state index in [-0.39, 0.29) is 0 Å². The van der Waals surface area contributed by atoms with Gasteiger partial charge in [0.05, 0.1) is 19.9 Å². The topological polar surface area (TPSA) is 61.5 Å². The van der Waals surface area contributed by atoms with E-state index in [1.54, 1.807) is 19.2 Å². The van der Waals surface area contributed by atoms with Gasteiger partial charge >= 0.3 is 5.97 Å². The maximum atomic E-state index is 11.6. The van der Waals surface area contributed by atoms with E-state index in [0.717, 1.165) is 17.1 Å². The van der Waals surface area contributed by atoms with Gasteiger partial charge in [-0.2, -0.15) is 0 Å². The fraction of sp³-hybridized carbons (Fsp3) is 0.308. The van der Waals surface area contributed by atoms with Gasteiger partial charge < -0.3 is 15.2 Å². The first-order valence-corrected chi connectivity index (χ1v) is 6.47. The Hall–Kier alpha value is -1.62. The fourth-order valence-electron chi connectivity index (χ4n) is 1.39. The van der Waals surface area contributed by atoms with Gasteiger partial charge in [-0.1, -0.05) is 6.92 Å². The Morgan fingerprint density at radius 3 is 2.33 bits per heavy atom. The molecule has 4 nitrogen and oxygen atoms in total. The van der Waals surface area contributed by atoms with Gasteiger partial charge in [-0.25, -0.2) is 4.79 Å². The van der Waals surface area contributed by atoms with Gasteiger partial charge in [0.25, 0.3) is 0 Å². The summed E-state index contributed by atoms with van der Waals surface area (Å²) in [6.07, 6.45) is 0. The molecule has 0 aromatic heterocycles. The maximum Gasteiger partial charge on any atom is 0.346 e.